The van der Waals surface area contributed by atoms with Gasteiger partial charge < -0.3 is 0 Å². The van der Waals surface area contributed by atoms with Gasteiger partial charge in [-0.25, -0.2) is 0 Å². The molecule has 0 bridgehead atoms. The van der Waals surface area contributed by atoms with Crippen LogP contribution < -0.4 is 0 Å². The largest absolute Gasteiger partial charge is 0.148 e. The molecular weight excluding hydrogens is 188 g/mol. The summed E-state index contributed by atoms with van der Waals surface area (Å²) < 4.78 is 0. The second-order valence-electron chi connectivity index (χ2n) is 6.10. The molecule has 1 aromatic heterocycles. The highest BCUT2D eigenvalue weighted by Crippen LogP contribution is 2.37. The van der Waals surface area contributed by atoms with E-state index in [0.717, 1.165) is 0 Å². The Labute approximate surface area is 92.4 Å². The fraction of sp³-hybridized carbons (Fsp3) is 0.692. The molecule has 80 valence electrons. The molecule has 0 aliphatic heterocycles. The van der Waals surface area contributed by atoms with Gasteiger partial charge in [0.1, 0.15) is 0 Å². The summed E-state index contributed by atoms with van der Waals surface area (Å²) in [5, 5.41) is 2.33. The minimum atomic E-state index is 0.282. The summed E-state index contributed by atoms with van der Waals surface area (Å²) >= 11 is 1.91. The molecule has 0 radical (unpaired) electrons. The molecule has 0 aromatic carbocycles. The lowest BCUT2D eigenvalue weighted by Crippen LogP contribution is -2.14. The van der Waals surface area contributed by atoms with E-state index in [9.17, 15) is 0 Å². The van der Waals surface area contributed by atoms with Gasteiger partial charge in [0.15, 0.2) is 0 Å². The molecule has 0 saturated heterocycles. The molecule has 0 aliphatic rings. The Morgan fingerprint density at radius 2 is 1.43 bits per heavy atom. The number of hydrogen-bond acceptors (Lipinski definition) is 1. The van der Waals surface area contributed by atoms with E-state index in [-0.39, 0.29) is 10.8 Å². The van der Waals surface area contributed by atoms with Crippen molar-refractivity contribution in [3.05, 3.63) is 21.4 Å². The van der Waals surface area contributed by atoms with E-state index < -0.39 is 0 Å². The zero-order chi connectivity index (χ0) is 11.1. The van der Waals surface area contributed by atoms with Crippen molar-refractivity contribution < 1.29 is 0 Å². The second kappa shape index (κ2) is 3.37. The van der Waals surface area contributed by atoms with Crippen molar-refractivity contribution in [3.63, 3.8) is 0 Å². The Morgan fingerprint density at radius 3 is 1.64 bits per heavy atom. The summed E-state index contributed by atoms with van der Waals surface area (Å²) in [5.74, 6) is 0. The van der Waals surface area contributed by atoms with Crippen molar-refractivity contribution in [1.29, 1.82) is 0 Å². The molecule has 0 unspecified atom stereocenters. The van der Waals surface area contributed by atoms with Crippen LogP contribution in [0.15, 0.2) is 5.38 Å². The maximum atomic E-state index is 2.33. The van der Waals surface area contributed by atoms with Crippen molar-refractivity contribution in [2.45, 2.75) is 59.3 Å². The SMILES string of the molecule is Cc1c(C(C)(C)C)csc1C(C)(C)C. The first-order valence-electron chi connectivity index (χ1n) is 5.23. The molecule has 14 heavy (non-hydrogen) atoms. The second-order valence-corrected chi connectivity index (χ2v) is 6.98. The van der Waals surface area contributed by atoms with Crippen molar-refractivity contribution in [2.24, 2.45) is 0 Å². The Kier molecular flexibility index (Phi) is 2.84. The van der Waals surface area contributed by atoms with Crippen LogP contribution in [0.2, 0.25) is 0 Å². The first-order chi connectivity index (χ1) is 6.14. The standard InChI is InChI=1S/C13H22S/c1-9-10(12(2,3)4)8-14-11(9)13(5,6)7/h8H,1-7H3. The van der Waals surface area contributed by atoms with E-state index in [4.69, 9.17) is 0 Å². The van der Waals surface area contributed by atoms with Crippen LogP contribution in [-0.4, -0.2) is 0 Å². The van der Waals surface area contributed by atoms with Crippen LogP contribution in [0.25, 0.3) is 0 Å². The van der Waals surface area contributed by atoms with Crippen molar-refractivity contribution in [2.75, 3.05) is 0 Å². The highest BCUT2D eigenvalue weighted by molar-refractivity contribution is 7.10. The highest BCUT2D eigenvalue weighted by atomic mass is 32.1. The van der Waals surface area contributed by atoms with E-state index in [1.54, 1.807) is 0 Å². The Morgan fingerprint density at radius 1 is 0.929 bits per heavy atom. The van der Waals surface area contributed by atoms with Gasteiger partial charge in [0.2, 0.25) is 0 Å². The topological polar surface area (TPSA) is 0 Å². The third-order valence-corrected chi connectivity index (χ3v) is 4.04. The molecule has 0 amide bonds. The monoisotopic (exact) mass is 210 g/mol. The average Bonchev–Trinajstić information content (AvgIpc) is 2.26. The van der Waals surface area contributed by atoms with Crippen molar-refractivity contribution in [1.82, 2.24) is 0 Å². The van der Waals surface area contributed by atoms with E-state index in [0.29, 0.717) is 0 Å². The molecule has 0 spiro atoms. The summed E-state index contributed by atoms with van der Waals surface area (Å²) in [7, 11) is 0. The van der Waals surface area contributed by atoms with Crippen LogP contribution in [0.4, 0.5) is 0 Å². The van der Waals surface area contributed by atoms with E-state index in [1.165, 1.54) is 16.0 Å². The summed E-state index contributed by atoms with van der Waals surface area (Å²) in [6.07, 6.45) is 0. The predicted octanol–water partition coefficient (Wildman–Crippen LogP) is 4.65. The lowest BCUT2D eigenvalue weighted by molar-refractivity contribution is 0.574. The summed E-state index contributed by atoms with van der Waals surface area (Å²) in [4.78, 5) is 1.53. The van der Waals surface area contributed by atoms with Gasteiger partial charge in [0, 0.05) is 4.88 Å². The lowest BCUT2D eigenvalue weighted by atomic mass is 9.83. The van der Waals surface area contributed by atoms with Crippen LogP contribution >= 0.6 is 11.3 Å². The number of thiophene rings is 1. The zero-order valence-corrected chi connectivity index (χ0v) is 11.3. The molecule has 0 fully saturated rings. The number of hydrogen-bond donors (Lipinski definition) is 0. The zero-order valence-electron chi connectivity index (χ0n) is 10.5. The van der Waals surface area contributed by atoms with E-state index >= 15 is 0 Å². The van der Waals surface area contributed by atoms with E-state index in [2.05, 4.69) is 53.8 Å². The minimum absolute atomic E-state index is 0.282. The van der Waals surface area contributed by atoms with Gasteiger partial charge in [-0.05, 0) is 34.3 Å². The lowest BCUT2D eigenvalue weighted by Gasteiger charge is -2.22. The highest BCUT2D eigenvalue weighted by Gasteiger charge is 2.25. The normalized spacial score (nSPS) is 13.4. The van der Waals surface area contributed by atoms with Gasteiger partial charge in [-0.15, -0.1) is 11.3 Å². The van der Waals surface area contributed by atoms with Gasteiger partial charge in [0.05, 0.1) is 0 Å². The molecule has 1 rings (SSSR count). The van der Waals surface area contributed by atoms with Crippen molar-refractivity contribution in [3.8, 4) is 0 Å². The first-order valence-corrected chi connectivity index (χ1v) is 6.11. The summed E-state index contributed by atoms with van der Waals surface area (Å²) in [6.45, 7) is 16.0. The molecular formula is C13H22S. The maximum Gasteiger partial charge on any atom is 0.0131 e. The van der Waals surface area contributed by atoms with Gasteiger partial charge in [0.25, 0.3) is 0 Å². The van der Waals surface area contributed by atoms with Gasteiger partial charge in [-0.2, -0.15) is 0 Å². The molecule has 1 aromatic rings. The van der Waals surface area contributed by atoms with Crippen LogP contribution in [0.5, 0.6) is 0 Å². The predicted molar refractivity (Wildman–Crippen MR) is 66.5 cm³/mol. The molecule has 0 nitrogen and oxygen atoms in total. The fourth-order valence-corrected chi connectivity index (χ4v) is 3.30. The molecule has 0 atom stereocenters. The quantitative estimate of drug-likeness (QED) is 0.584. The average molecular weight is 210 g/mol. The Hall–Kier alpha value is -0.300. The molecule has 0 N–H and O–H groups in total. The summed E-state index contributed by atoms with van der Waals surface area (Å²) in [6, 6.07) is 0. The molecule has 1 heteroatoms. The first kappa shape index (κ1) is 11.8. The minimum Gasteiger partial charge on any atom is -0.148 e. The van der Waals surface area contributed by atoms with Crippen LogP contribution in [0, 0.1) is 6.92 Å². The fourth-order valence-electron chi connectivity index (χ4n) is 1.90. The maximum absolute atomic E-state index is 2.33. The number of rotatable bonds is 0. The third kappa shape index (κ3) is 2.20. The third-order valence-electron chi connectivity index (χ3n) is 2.53. The Balaban J connectivity index is 3.23. The molecule has 1 heterocycles. The molecule has 0 saturated carbocycles. The van der Waals surface area contributed by atoms with Gasteiger partial charge in [-0.1, -0.05) is 41.5 Å². The van der Waals surface area contributed by atoms with Crippen LogP contribution in [0.1, 0.15) is 57.5 Å². The summed E-state index contributed by atoms with van der Waals surface area (Å²) in [5.41, 5.74) is 3.57. The molecule has 0 aliphatic carbocycles. The van der Waals surface area contributed by atoms with Crippen molar-refractivity contribution >= 4 is 11.3 Å². The van der Waals surface area contributed by atoms with E-state index in [1.807, 2.05) is 11.3 Å². The van der Waals surface area contributed by atoms with Crippen LogP contribution in [0.3, 0.4) is 0 Å². The Bertz CT molecular complexity index is 286. The van der Waals surface area contributed by atoms with Gasteiger partial charge >= 0.3 is 0 Å². The smallest absolute Gasteiger partial charge is 0.0131 e. The van der Waals surface area contributed by atoms with Gasteiger partial charge in [-0.3, -0.25) is 0 Å². The van der Waals surface area contributed by atoms with Crippen LogP contribution in [-0.2, 0) is 10.8 Å².